The summed E-state index contributed by atoms with van der Waals surface area (Å²) < 4.78 is 0.347. The lowest BCUT2D eigenvalue weighted by Crippen LogP contribution is -2.25. The molecule has 0 spiro atoms. The Balaban J connectivity index is 4.04. The molecule has 0 heterocycles. The van der Waals surface area contributed by atoms with E-state index in [-0.39, 0.29) is 0 Å². The van der Waals surface area contributed by atoms with Crippen molar-refractivity contribution in [2.75, 3.05) is 7.05 Å². The molecule has 1 N–H and O–H groups in total. The summed E-state index contributed by atoms with van der Waals surface area (Å²) in [7, 11) is 1.82. The van der Waals surface area contributed by atoms with Crippen LogP contribution in [0.4, 0.5) is 0 Å². The third kappa shape index (κ3) is 4.10. The Morgan fingerprint density at radius 3 is 2.70 bits per heavy atom. The first kappa shape index (κ1) is 10.2. The summed E-state index contributed by atoms with van der Waals surface area (Å²) in [6.45, 7) is 2.03. The Morgan fingerprint density at radius 1 is 1.80 bits per heavy atom. The minimum absolute atomic E-state index is 0.347. The highest BCUT2D eigenvalue weighted by Gasteiger charge is 2.01. The minimum Gasteiger partial charge on any atom is -0.374 e. The van der Waals surface area contributed by atoms with Crippen molar-refractivity contribution in [1.29, 1.82) is 0 Å². The minimum atomic E-state index is 0.347. The first-order chi connectivity index (χ1) is 4.72. The Labute approximate surface area is 79.9 Å². The van der Waals surface area contributed by atoms with Gasteiger partial charge in [0, 0.05) is 7.05 Å². The highest BCUT2D eigenvalue weighted by molar-refractivity contribution is 14.1. The van der Waals surface area contributed by atoms with Crippen molar-refractivity contribution in [1.82, 2.24) is 5.32 Å². The number of nitrogens with zero attached hydrogens (tertiary/aromatic N) is 2. The monoisotopic (exact) mass is 271 g/mol. The van der Waals surface area contributed by atoms with Gasteiger partial charge in [-0.3, -0.25) is 0 Å². The van der Waals surface area contributed by atoms with Crippen LogP contribution in [0.25, 0.3) is 0 Å². The van der Waals surface area contributed by atoms with Gasteiger partial charge in [0.15, 0.2) is 0 Å². The van der Waals surface area contributed by atoms with E-state index < -0.39 is 0 Å². The van der Waals surface area contributed by atoms with Crippen LogP contribution in [0, 0.1) is 0 Å². The molecule has 0 fully saturated rings. The van der Waals surface area contributed by atoms with Crippen LogP contribution in [-0.4, -0.2) is 22.4 Å². The molecule has 0 aliphatic heterocycles. The van der Waals surface area contributed by atoms with E-state index in [1.54, 1.807) is 0 Å². The zero-order valence-electron chi connectivity index (χ0n) is 5.87. The Hall–Kier alpha value is 0.220. The van der Waals surface area contributed by atoms with Crippen LogP contribution in [0.1, 0.15) is 6.92 Å². The SMILES string of the molecule is CN/C(=N\N=C\S)C(C)I. The summed E-state index contributed by atoms with van der Waals surface area (Å²) in [5.74, 6) is 0.853. The summed E-state index contributed by atoms with van der Waals surface area (Å²) in [6.07, 6.45) is 0. The van der Waals surface area contributed by atoms with E-state index in [0.29, 0.717) is 3.92 Å². The van der Waals surface area contributed by atoms with E-state index in [1.165, 1.54) is 5.55 Å². The Kier molecular flexibility index (Phi) is 6.10. The molecule has 3 nitrogen and oxygen atoms in total. The molecule has 1 unspecified atom stereocenters. The molecule has 0 amide bonds. The molecule has 0 saturated carbocycles. The van der Waals surface area contributed by atoms with E-state index in [9.17, 15) is 0 Å². The van der Waals surface area contributed by atoms with E-state index in [1.807, 2.05) is 14.0 Å². The molecule has 1 atom stereocenters. The van der Waals surface area contributed by atoms with Crippen molar-refractivity contribution in [3.8, 4) is 0 Å². The zero-order valence-corrected chi connectivity index (χ0v) is 8.93. The maximum absolute atomic E-state index is 3.85. The summed E-state index contributed by atoms with van der Waals surface area (Å²) in [5, 5.41) is 10.4. The van der Waals surface area contributed by atoms with E-state index in [0.717, 1.165) is 5.84 Å². The Morgan fingerprint density at radius 2 is 2.40 bits per heavy atom. The van der Waals surface area contributed by atoms with Crippen molar-refractivity contribution < 1.29 is 0 Å². The van der Waals surface area contributed by atoms with Crippen molar-refractivity contribution in [2.24, 2.45) is 10.2 Å². The van der Waals surface area contributed by atoms with Crippen molar-refractivity contribution in [3.63, 3.8) is 0 Å². The van der Waals surface area contributed by atoms with Crippen LogP contribution in [-0.2, 0) is 0 Å². The van der Waals surface area contributed by atoms with Gasteiger partial charge in [-0.25, -0.2) is 0 Å². The van der Waals surface area contributed by atoms with Crippen molar-refractivity contribution in [3.05, 3.63) is 0 Å². The van der Waals surface area contributed by atoms with Crippen LogP contribution in [0.3, 0.4) is 0 Å². The number of hydrogen-bond donors (Lipinski definition) is 2. The second-order valence-electron chi connectivity index (χ2n) is 1.58. The predicted molar refractivity (Wildman–Crippen MR) is 57.5 cm³/mol. The molecule has 10 heavy (non-hydrogen) atoms. The average molecular weight is 271 g/mol. The normalized spacial score (nSPS) is 15.8. The van der Waals surface area contributed by atoms with Crippen LogP contribution < -0.4 is 5.32 Å². The first-order valence-electron chi connectivity index (χ1n) is 2.77. The quantitative estimate of drug-likeness (QED) is 0.195. The number of nitrogens with one attached hydrogen (secondary N) is 1. The van der Waals surface area contributed by atoms with Gasteiger partial charge in [0.1, 0.15) is 5.84 Å². The number of hydrogen-bond acceptors (Lipinski definition) is 2. The second kappa shape index (κ2) is 5.96. The fourth-order valence-electron chi connectivity index (χ4n) is 0.416. The van der Waals surface area contributed by atoms with Gasteiger partial charge in [-0.2, -0.15) is 5.10 Å². The third-order valence-electron chi connectivity index (χ3n) is 0.850. The first-order valence-corrected chi connectivity index (χ1v) is 4.54. The summed E-state index contributed by atoms with van der Waals surface area (Å²) in [4.78, 5) is 0. The summed E-state index contributed by atoms with van der Waals surface area (Å²) >= 11 is 6.03. The van der Waals surface area contributed by atoms with Crippen LogP contribution in [0.2, 0.25) is 0 Å². The highest BCUT2D eigenvalue weighted by atomic mass is 127. The van der Waals surface area contributed by atoms with Crippen LogP contribution in [0.15, 0.2) is 10.2 Å². The molecule has 0 rings (SSSR count). The number of thiol groups is 1. The topological polar surface area (TPSA) is 36.8 Å². The lowest BCUT2D eigenvalue weighted by molar-refractivity contribution is 1.06. The van der Waals surface area contributed by atoms with E-state index in [4.69, 9.17) is 0 Å². The van der Waals surface area contributed by atoms with Gasteiger partial charge in [-0.05, 0) is 6.92 Å². The molecule has 0 aromatic rings. The average Bonchev–Trinajstić information content (AvgIpc) is 1.89. The Bertz CT molecular complexity index is 144. The fourth-order valence-corrected chi connectivity index (χ4v) is 0.904. The van der Waals surface area contributed by atoms with Crippen molar-refractivity contribution in [2.45, 2.75) is 10.8 Å². The molecule has 58 valence electrons. The maximum atomic E-state index is 3.85. The predicted octanol–water partition coefficient (Wildman–Crippen LogP) is 1.30. The number of amidine groups is 1. The van der Waals surface area contributed by atoms with Gasteiger partial charge in [0.05, 0.1) is 9.47 Å². The number of alkyl halides is 1. The fraction of sp³-hybridized carbons (Fsp3) is 0.600. The van der Waals surface area contributed by atoms with Crippen LogP contribution in [0.5, 0.6) is 0 Å². The molecule has 0 bridgehead atoms. The second-order valence-corrected chi connectivity index (χ2v) is 3.68. The van der Waals surface area contributed by atoms with Gasteiger partial charge in [0.2, 0.25) is 0 Å². The lowest BCUT2D eigenvalue weighted by Gasteiger charge is -2.03. The molecule has 0 aromatic heterocycles. The summed E-state index contributed by atoms with van der Waals surface area (Å²) in [6, 6.07) is 0. The molecule has 0 radical (unpaired) electrons. The number of halogens is 1. The number of rotatable bonds is 2. The van der Waals surface area contributed by atoms with Gasteiger partial charge >= 0.3 is 0 Å². The molecule has 0 saturated heterocycles. The lowest BCUT2D eigenvalue weighted by atomic mass is 10.4. The van der Waals surface area contributed by atoms with Gasteiger partial charge in [0.25, 0.3) is 0 Å². The molecule has 0 aromatic carbocycles. The van der Waals surface area contributed by atoms with Crippen LogP contribution >= 0.6 is 35.2 Å². The molecule has 5 heteroatoms. The highest BCUT2D eigenvalue weighted by Crippen LogP contribution is 1.99. The van der Waals surface area contributed by atoms with E-state index in [2.05, 4.69) is 50.7 Å². The van der Waals surface area contributed by atoms with Gasteiger partial charge < -0.3 is 5.32 Å². The molecule has 0 aliphatic rings. The largest absolute Gasteiger partial charge is 0.374 e. The molecular weight excluding hydrogens is 261 g/mol. The molecule has 0 aliphatic carbocycles. The van der Waals surface area contributed by atoms with Crippen molar-refractivity contribution >= 4 is 46.6 Å². The van der Waals surface area contributed by atoms with E-state index >= 15 is 0 Å². The maximum Gasteiger partial charge on any atom is 0.137 e. The molecular formula is C5H10IN3S. The van der Waals surface area contributed by atoms with Gasteiger partial charge in [-0.15, -0.1) is 17.7 Å². The summed E-state index contributed by atoms with van der Waals surface area (Å²) in [5.41, 5.74) is 1.36. The van der Waals surface area contributed by atoms with Gasteiger partial charge in [-0.1, -0.05) is 22.6 Å². The third-order valence-corrected chi connectivity index (χ3v) is 1.54. The zero-order chi connectivity index (χ0) is 7.98. The standard InChI is InChI=1S/C5H10IN3S/c1-4(6)5(7-2)9-8-3-10/h3-4H,1-2H3,(H,7,9)(H,8,10). The smallest absolute Gasteiger partial charge is 0.137 e.